The fraction of sp³-hybridized carbons (Fsp3) is 0.562. The topological polar surface area (TPSA) is 44.8 Å². The molecule has 1 heterocycles. The smallest absolute Gasteiger partial charge is 0.178 e. The van der Waals surface area contributed by atoms with Gasteiger partial charge in [-0.15, -0.1) is 0 Å². The summed E-state index contributed by atoms with van der Waals surface area (Å²) in [6.45, 7) is 8.27. The third-order valence-electron chi connectivity index (χ3n) is 3.51. The molecule has 1 aliphatic rings. The molecule has 0 amide bonds. The summed E-state index contributed by atoms with van der Waals surface area (Å²) < 4.78 is 5.57. The maximum atomic E-state index is 12.1. The first-order chi connectivity index (χ1) is 10.0. The van der Waals surface area contributed by atoms with Crippen LogP contribution in [0.5, 0.6) is 5.75 Å². The average Bonchev–Trinajstić information content (AvgIpc) is 2.46. The van der Waals surface area contributed by atoms with Crippen LogP contribution in [-0.4, -0.2) is 61.6 Å². The summed E-state index contributed by atoms with van der Waals surface area (Å²) in [5.41, 5.74) is 3.93. The van der Waals surface area contributed by atoms with Crippen molar-refractivity contribution in [2.75, 3.05) is 39.8 Å². The van der Waals surface area contributed by atoms with Gasteiger partial charge in [0.1, 0.15) is 5.75 Å². The van der Waals surface area contributed by atoms with E-state index in [9.17, 15) is 4.79 Å². The highest BCUT2D eigenvalue weighted by Gasteiger charge is 2.14. The Labute approximate surface area is 126 Å². The largest absolute Gasteiger partial charge is 0.491 e. The van der Waals surface area contributed by atoms with Crippen LogP contribution >= 0.6 is 0 Å². The van der Waals surface area contributed by atoms with Crippen LogP contribution in [0.25, 0.3) is 0 Å². The number of ether oxygens (including phenoxy) is 1. The number of Topliss-reactive ketones (excluding diaryl/α,β-unsaturated/α-hetero) is 1. The van der Waals surface area contributed by atoms with Crippen molar-refractivity contribution in [1.82, 2.24) is 15.3 Å². The number of benzene rings is 1. The van der Waals surface area contributed by atoms with Crippen LogP contribution in [0.4, 0.5) is 0 Å². The third-order valence-corrected chi connectivity index (χ3v) is 3.51. The Morgan fingerprint density at radius 3 is 2.38 bits per heavy atom. The molecule has 1 aromatic rings. The molecule has 1 aromatic carbocycles. The number of ketones is 1. The van der Waals surface area contributed by atoms with Crippen molar-refractivity contribution in [3.63, 3.8) is 0 Å². The zero-order chi connectivity index (χ0) is 15.2. The van der Waals surface area contributed by atoms with E-state index in [0.29, 0.717) is 12.1 Å². The van der Waals surface area contributed by atoms with Gasteiger partial charge in [0, 0.05) is 31.7 Å². The molecule has 5 nitrogen and oxygen atoms in total. The first-order valence-corrected chi connectivity index (χ1v) is 7.51. The second-order valence-electron chi connectivity index (χ2n) is 5.74. The predicted molar refractivity (Wildman–Crippen MR) is 83.6 cm³/mol. The maximum absolute atomic E-state index is 12.1. The van der Waals surface area contributed by atoms with E-state index >= 15 is 0 Å². The lowest BCUT2D eigenvalue weighted by atomic mass is 10.1. The van der Waals surface area contributed by atoms with Crippen molar-refractivity contribution < 1.29 is 9.53 Å². The highest BCUT2D eigenvalue weighted by atomic mass is 16.5. The van der Waals surface area contributed by atoms with Crippen LogP contribution in [0.3, 0.4) is 0 Å². The number of hydrazine groups is 1. The van der Waals surface area contributed by atoms with Crippen molar-refractivity contribution in [1.29, 1.82) is 0 Å². The minimum absolute atomic E-state index is 0.102. The molecule has 1 N–H and O–H groups in total. The van der Waals surface area contributed by atoms with Crippen LogP contribution in [-0.2, 0) is 0 Å². The van der Waals surface area contributed by atoms with Crippen molar-refractivity contribution in [3.05, 3.63) is 29.8 Å². The molecule has 0 atom stereocenters. The van der Waals surface area contributed by atoms with Gasteiger partial charge in [-0.05, 0) is 45.2 Å². The Kier molecular flexibility index (Phi) is 5.73. The fourth-order valence-electron chi connectivity index (χ4n) is 2.24. The maximum Gasteiger partial charge on any atom is 0.178 e. The molecule has 0 unspecified atom stereocenters. The lowest BCUT2D eigenvalue weighted by Crippen LogP contribution is -2.51. The SMILES string of the molecule is CC(C)Oc1ccc(C(=O)CNN2CCN(C)CC2)cc1. The Balaban J connectivity index is 1.80. The van der Waals surface area contributed by atoms with E-state index in [-0.39, 0.29) is 11.9 Å². The molecule has 0 aliphatic carbocycles. The van der Waals surface area contributed by atoms with Gasteiger partial charge in [-0.25, -0.2) is 10.4 Å². The van der Waals surface area contributed by atoms with Crippen molar-refractivity contribution in [2.45, 2.75) is 20.0 Å². The van der Waals surface area contributed by atoms with E-state index in [1.54, 1.807) is 0 Å². The molecule has 1 fully saturated rings. The van der Waals surface area contributed by atoms with Crippen LogP contribution in [0.2, 0.25) is 0 Å². The summed E-state index contributed by atoms with van der Waals surface area (Å²) in [4.78, 5) is 14.4. The first kappa shape index (κ1) is 15.9. The summed E-state index contributed by atoms with van der Waals surface area (Å²) in [5, 5.41) is 2.12. The van der Waals surface area contributed by atoms with E-state index in [1.165, 1.54) is 0 Å². The van der Waals surface area contributed by atoms with Gasteiger partial charge in [0.05, 0.1) is 12.6 Å². The normalized spacial score (nSPS) is 17.1. The summed E-state index contributed by atoms with van der Waals surface area (Å²) >= 11 is 0. The highest BCUT2D eigenvalue weighted by molar-refractivity contribution is 5.97. The number of rotatable bonds is 6. The molecule has 116 valence electrons. The highest BCUT2D eigenvalue weighted by Crippen LogP contribution is 2.14. The molecule has 0 aromatic heterocycles. The molecule has 21 heavy (non-hydrogen) atoms. The summed E-state index contributed by atoms with van der Waals surface area (Å²) in [6, 6.07) is 7.35. The van der Waals surface area contributed by atoms with Gasteiger partial charge in [-0.2, -0.15) is 0 Å². The van der Waals surface area contributed by atoms with Gasteiger partial charge < -0.3 is 9.64 Å². The van der Waals surface area contributed by atoms with E-state index in [4.69, 9.17) is 4.74 Å². The second-order valence-corrected chi connectivity index (χ2v) is 5.74. The predicted octanol–water partition coefficient (Wildman–Crippen LogP) is 1.41. The van der Waals surface area contributed by atoms with Crippen LogP contribution in [0, 0.1) is 0 Å². The molecule has 0 bridgehead atoms. The molecular formula is C16H25N3O2. The third kappa shape index (κ3) is 5.12. The number of nitrogens with zero attached hydrogens (tertiary/aromatic N) is 2. The van der Waals surface area contributed by atoms with Crippen LogP contribution < -0.4 is 10.2 Å². The Hall–Kier alpha value is -1.43. The van der Waals surface area contributed by atoms with Gasteiger partial charge >= 0.3 is 0 Å². The Bertz CT molecular complexity index is 451. The summed E-state index contributed by atoms with van der Waals surface area (Å²) in [6.07, 6.45) is 0.144. The average molecular weight is 291 g/mol. The number of carbonyl (C=O) groups is 1. The molecule has 1 saturated heterocycles. The zero-order valence-electron chi connectivity index (χ0n) is 13.1. The Morgan fingerprint density at radius 1 is 1.19 bits per heavy atom. The number of piperazine rings is 1. The van der Waals surface area contributed by atoms with E-state index < -0.39 is 0 Å². The van der Waals surface area contributed by atoms with E-state index in [2.05, 4.69) is 22.4 Å². The quantitative estimate of drug-likeness (QED) is 0.803. The molecule has 2 rings (SSSR count). The summed E-state index contributed by atoms with van der Waals surface area (Å²) in [7, 11) is 2.11. The number of nitrogens with one attached hydrogen (secondary N) is 1. The first-order valence-electron chi connectivity index (χ1n) is 7.51. The summed E-state index contributed by atoms with van der Waals surface area (Å²) in [5.74, 6) is 0.901. The second kappa shape index (κ2) is 7.54. The minimum Gasteiger partial charge on any atom is -0.491 e. The van der Waals surface area contributed by atoms with Crippen LogP contribution in [0.15, 0.2) is 24.3 Å². The lowest BCUT2D eigenvalue weighted by Gasteiger charge is -2.32. The Morgan fingerprint density at radius 2 is 1.81 bits per heavy atom. The molecule has 0 spiro atoms. The van der Waals surface area contributed by atoms with Gasteiger partial charge in [0.2, 0.25) is 0 Å². The fourth-order valence-corrected chi connectivity index (χ4v) is 2.24. The van der Waals surface area contributed by atoms with Crippen molar-refractivity contribution >= 4 is 5.78 Å². The number of carbonyl (C=O) groups excluding carboxylic acids is 1. The number of likely N-dealkylation sites (N-methyl/N-ethyl adjacent to an activating group) is 1. The number of hydrogen-bond acceptors (Lipinski definition) is 5. The zero-order valence-corrected chi connectivity index (χ0v) is 13.1. The molecular weight excluding hydrogens is 266 g/mol. The molecule has 0 radical (unpaired) electrons. The number of hydrogen-bond donors (Lipinski definition) is 1. The van der Waals surface area contributed by atoms with E-state index in [0.717, 1.165) is 31.9 Å². The van der Waals surface area contributed by atoms with Gasteiger partial charge in [0.15, 0.2) is 5.78 Å². The molecule has 1 aliphatic heterocycles. The van der Waals surface area contributed by atoms with Gasteiger partial charge in [-0.1, -0.05) is 0 Å². The lowest BCUT2D eigenvalue weighted by molar-refractivity contribution is 0.0838. The minimum atomic E-state index is 0.102. The van der Waals surface area contributed by atoms with Crippen molar-refractivity contribution in [2.24, 2.45) is 0 Å². The van der Waals surface area contributed by atoms with Crippen molar-refractivity contribution in [3.8, 4) is 5.75 Å². The standard InChI is InChI=1S/C16H25N3O2/c1-13(2)21-15-6-4-14(5-7-15)16(20)12-17-19-10-8-18(3)9-11-19/h4-7,13,17H,8-12H2,1-3H3. The van der Waals surface area contributed by atoms with Crippen LogP contribution in [0.1, 0.15) is 24.2 Å². The van der Waals surface area contributed by atoms with E-state index in [1.807, 2.05) is 38.1 Å². The monoisotopic (exact) mass is 291 g/mol. The molecule has 5 heteroatoms. The van der Waals surface area contributed by atoms with Gasteiger partial charge in [-0.3, -0.25) is 4.79 Å². The van der Waals surface area contributed by atoms with Gasteiger partial charge in [0.25, 0.3) is 0 Å². The molecule has 0 saturated carbocycles.